The highest BCUT2D eigenvalue weighted by Gasteiger charge is 2.13. The molecule has 14 heavy (non-hydrogen) atoms. The van der Waals surface area contributed by atoms with E-state index in [0.717, 1.165) is 12.0 Å². The summed E-state index contributed by atoms with van der Waals surface area (Å²) in [4.78, 5) is 12.1. The van der Waals surface area contributed by atoms with Gasteiger partial charge in [-0.15, -0.1) is 11.3 Å². The average molecular weight is 233 g/mol. The molecule has 78 valence electrons. The number of amides is 1. The third-order valence-corrected chi connectivity index (χ3v) is 3.47. The van der Waals surface area contributed by atoms with Gasteiger partial charge in [-0.3, -0.25) is 4.79 Å². The van der Waals surface area contributed by atoms with Gasteiger partial charge in [0.25, 0.3) is 5.91 Å². The number of hydrogen-bond acceptors (Lipinski definition) is 3. The Hall–Kier alpha value is -0.580. The molecule has 5 heteroatoms. The van der Waals surface area contributed by atoms with Crippen LogP contribution in [-0.2, 0) is 0 Å². The van der Waals surface area contributed by atoms with Gasteiger partial charge >= 0.3 is 0 Å². The standard InChI is InChI=1S/C9H13ClN2OS/c1-6-5-14-8(7(6)10)9(13)12-4-2-3-11/h5H,2-4,11H2,1H3,(H,12,13). The highest BCUT2D eigenvalue weighted by molar-refractivity contribution is 7.13. The van der Waals surface area contributed by atoms with Gasteiger partial charge in [0, 0.05) is 6.54 Å². The molecule has 0 saturated heterocycles. The lowest BCUT2D eigenvalue weighted by Crippen LogP contribution is -2.25. The number of nitrogens with two attached hydrogens (primary N) is 1. The minimum absolute atomic E-state index is 0.110. The van der Waals surface area contributed by atoms with Gasteiger partial charge in [-0.05, 0) is 30.8 Å². The summed E-state index contributed by atoms with van der Waals surface area (Å²) >= 11 is 7.31. The zero-order valence-corrected chi connectivity index (χ0v) is 9.54. The third kappa shape index (κ3) is 2.70. The van der Waals surface area contributed by atoms with Crippen LogP contribution in [0.1, 0.15) is 21.7 Å². The molecule has 0 fully saturated rings. The Kier molecular flexibility index (Phi) is 4.38. The van der Waals surface area contributed by atoms with Crippen LogP contribution in [0, 0.1) is 6.92 Å². The highest BCUT2D eigenvalue weighted by Crippen LogP contribution is 2.26. The Morgan fingerprint density at radius 3 is 2.93 bits per heavy atom. The van der Waals surface area contributed by atoms with E-state index in [9.17, 15) is 4.79 Å². The number of aryl methyl sites for hydroxylation is 1. The van der Waals surface area contributed by atoms with Gasteiger partial charge in [0.1, 0.15) is 4.88 Å². The maximum absolute atomic E-state index is 11.5. The van der Waals surface area contributed by atoms with Crippen LogP contribution in [0.4, 0.5) is 0 Å². The minimum Gasteiger partial charge on any atom is -0.351 e. The summed E-state index contributed by atoms with van der Waals surface area (Å²) < 4.78 is 0. The first-order chi connectivity index (χ1) is 6.66. The molecule has 1 rings (SSSR count). The number of halogens is 1. The summed E-state index contributed by atoms with van der Waals surface area (Å²) in [6, 6.07) is 0. The largest absolute Gasteiger partial charge is 0.351 e. The zero-order chi connectivity index (χ0) is 10.6. The number of rotatable bonds is 4. The molecule has 0 atom stereocenters. The van der Waals surface area contributed by atoms with Crippen molar-refractivity contribution >= 4 is 28.8 Å². The summed E-state index contributed by atoms with van der Waals surface area (Å²) in [5, 5.41) is 5.19. The maximum atomic E-state index is 11.5. The molecule has 0 aliphatic carbocycles. The summed E-state index contributed by atoms with van der Waals surface area (Å²) in [6.07, 6.45) is 0.785. The molecule has 0 bridgehead atoms. The lowest BCUT2D eigenvalue weighted by Gasteiger charge is -2.02. The van der Waals surface area contributed by atoms with E-state index < -0.39 is 0 Å². The molecule has 1 amide bonds. The number of carbonyl (C=O) groups excluding carboxylic acids is 1. The van der Waals surface area contributed by atoms with Crippen molar-refractivity contribution in [3.05, 3.63) is 20.8 Å². The Labute approximate surface area is 92.3 Å². The molecule has 0 unspecified atom stereocenters. The Bertz CT molecular complexity index is 325. The van der Waals surface area contributed by atoms with E-state index in [4.69, 9.17) is 17.3 Å². The second kappa shape index (κ2) is 5.34. The van der Waals surface area contributed by atoms with Crippen molar-refractivity contribution in [2.75, 3.05) is 13.1 Å². The van der Waals surface area contributed by atoms with Gasteiger partial charge < -0.3 is 11.1 Å². The highest BCUT2D eigenvalue weighted by atomic mass is 35.5. The van der Waals surface area contributed by atoms with Gasteiger partial charge in [0.05, 0.1) is 5.02 Å². The monoisotopic (exact) mass is 232 g/mol. The first kappa shape index (κ1) is 11.5. The predicted octanol–water partition coefficient (Wildman–Crippen LogP) is 1.79. The molecule has 0 saturated carbocycles. The fraction of sp³-hybridized carbons (Fsp3) is 0.444. The van der Waals surface area contributed by atoms with E-state index in [1.165, 1.54) is 11.3 Å². The summed E-state index contributed by atoms with van der Waals surface area (Å²) in [6.45, 7) is 3.07. The smallest absolute Gasteiger partial charge is 0.262 e. The van der Waals surface area contributed by atoms with Crippen molar-refractivity contribution in [3.63, 3.8) is 0 Å². The molecular weight excluding hydrogens is 220 g/mol. The number of carbonyl (C=O) groups is 1. The Morgan fingerprint density at radius 1 is 1.71 bits per heavy atom. The molecule has 0 radical (unpaired) electrons. The third-order valence-electron chi connectivity index (χ3n) is 1.77. The molecule has 0 aliphatic heterocycles. The van der Waals surface area contributed by atoms with Crippen LogP contribution in [0.25, 0.3) is 0 Å². The molecule has 3 nitrogen and oxygen atoms in total. The average Bonchev–Trinajstić information content (AvgIpc) is 2.48. The Morgan fingerprint density at radius 2 is 2.43 bits per heavy atom. The quantitative estimate of drug-likeness (QED) is 0.778. The summed E-state index contributed by atoms with van der Waals surface area (Å²) in [5.41, 5.74) is 6.26. The zero-order valence-electron chi connectivity index (χ0n) is 7.97. The summed E-state index contributed by atoms with van der Waals surface area (Å²) in [5.74, 6) is -0.110. The molecule has 0 aromatic carbocycles. The van der Waals surface area contributed by atoms with E-state index in [1.54, 1.807) is 0 Å². The SMILES string of the molecule is Cc1csc(C(=O)NCCCN)c1Cl. The Balaban J connectivity index is 2.56. The van der Waals surface area contributed by atoms with Crippen LogP contribution in [0.15, 0.2) is 5.38 Å². The van der Waals surface area contributed by atoms with Gasteiger partial charge in [-0.1, -0.05) is 11.6 Å². The van der Waals surface area contributed by atoms with Crippen LogP contribution in [0.5, 0.6) is 0 Å². The van der Waals surface area contributed by atoms with Crippen molar-refractivity contribution in [1.29, 1.82) is 0 Å². The molecule has 1 aromatic rings. The van der Waals surface area contributed by atoms with Gasteiger partial charge in [-0.2, -0.15) is 0 Å². The second-order valence-corrected chi connectivity index (χ2v) is 4.22. The first-order valence-electron chi connectivity index (χ1n) is 4.38. The lowest BCUT2D eigenvalue weighted by molar-refractivity contribution is 0.0957. The minimum atomic E-state index is -0.110. The lowest BCUT2D eigenvalue weighted by atomic mass is 10.3. The molecule has 1 aromatic heterocycles. The number of nitrogens with one attached hydrogen (secondary N) is 1. The van der Waals surface area contributed by atoms with Gasteiger partial charge in [0.2, 0.25) is 0 Å². The molecule has 0 aliphatic rings. The maximum Gasteiger partial charge on any atom is 0.262 e. The van der Waals surface area contributed by atoms with Crippen LogP contribution < -0.4 is 11.1 Å². The van der Waals surface area contributed by atoms with E-state index in [2.05, 4.69) is 5.32 Å². The fourth-order valence-corrected chi connectivity index (χ4v) is 2.16. The van der Waals surface area contributed by atoms with Crippen LogP contribution in [0.2, 0.25) is 5.02 Å². The van der Waals surface area contributed by atoms with Crippen molar-refractivity contribution in [3.8, 4) is 0 Å². The van der Waals surface area contributed by atoms with Crippen molar-refractivity contribution in [2.45, 2.75) is 13.3 Å². The van der Waals surface area contributed by atoms with Crippen molar-refractivity contribution < 1.29 is 4.79 Å². The van der Waals surface area contributed by atoms with Gasteiger partial charge in [0.15, 0.2) is 0 Å². The molecular formula is C9H13ClN2OS. The van der Waals surface area contributed by atoms with E-state index >= 15 is 0 Å². The number of thiophene rings is 1. The second-order valence-electron chi connectivity index (χ2n) is 2.96. The normalized spacial score (nSPS) is 10.2. The predicted molar refractivity (Wildman–Crippen MR) is 60.1 cm³/mol. The van der Waals surface area contributed by atoms with Crippen molar-refractivity contribution in [2.24, 2.45) is 5.73 Å². The van der Waals surface area contributed by atoms with Gasteiger partial charge in [-0.25, -0.2) is 0 Å². The van der Waals surface area contributed by atoms with Crippen LogP contribution in [-0.4, -0.2) is 19.0 Å². The van der Waals surface area contributed by atoms with E-state index in [1.807, 2.05) is 12.3 Å². The van der Waals surface area contributed by atoms with Crippen LogP contribution >= 0.6 is 22.9 Å². The first-order valence-corrected chi connectivity index (χ1v) is 5.64. The fourth-order valence-electron chi connectivity index (χ4n) is 0.967. The topological polar surface area (TPSA) is 55.1 Å². The molecule has 3 N–H and O–H groups in total. The summed E-state index contributed by atoms with van der Waals surface area (Å²) in [7, 11) is 0. The number of hydrogen-bond donors (Lipinski definition) is 2. The van der Waals surface area contributed by atoms with E-state index in [0.29, 0.717) is 23.0 Å². The van der Waals surface area contributed by atoms with E-state index in [-0.39, 0.29) is 5.91 Å². The van der Waals surface area contributed by atoms with Crippen LogP contribution in [0.3, 0.4) is 0 Å². The molecule has 1 heterocycles. The molecule has 0 spiro atoms. The van der Waals surface area contributed by atoms with Crippen molar-refractivity contribution in [1.82, 2.24) is 5.32 Å².